The van der Waals surface area contributed by atoms with Crippen LogP contribution in [0.15, 0.2) is 0 Å². The third kappa shape index (κ3) is 1.82. The molecule has 2 heteroatoms. The highest BCUT2D eigenvalue weighted by atomic mass is 16.3. The average molecular weight is 263 g/mol. The molecule has 1 saturated heterocycles. The molecule has 108 valence electrons. The predicted octanol–water partition coefficient (Wildman–Crippen LogP) is 3.05. The quantitative estimate of drug-likeness (QED) is 0.827. The minimum atomic E-state index is 0.393. The molecule has 19 heavy (non-hydrogen) atoms. The van der Waals surface area contributed by atoms with Crippen molar-refractivity contribution >= 4 is 0 Å². The van der Waals surface area contributed by atoms with E-state index in [-0.39, 0.29) is 0 Å². The van der Waals surface area contributed by atoms with Crippen molar-refractivity contribution in [1.82, 2.24) is 4.90 Å². The van der Waals surface area contributed by atoms with Gasteiger partial charge in [0.2, 0.25) is 0 Å². The first kappa shape index (κ1) is 12.6. The molecule has 5 rings (SSSR count). The summed E-state index contributed by atoms with van der Waals surface area (Å²) in [6.07, 6.45) is 9.99. The lowest BCUT2D eigenvalue weighted by Crippen LogP contribution is -2.64. The van der Waals surface area contributed by atoms with Gasteiger partial charge in [-0.15, -0.1) is 0 Å². The van der Waals surface area contributed by atoms with Gasteiger partial charge >= 0.3 is 0 Å². The second-order valence-electron chi connectivity index (χ2n) is 9.14. The summed E-state index contributed by atoms with van der Waals surface area (Å²) in [7, 11) is 0. The number of rotatable bonds is 2. The fraction of sp³-hybridized carbons (Fsp3) is 1.00. The molecule has 4 saturated carbocycles. The van der Waals surface area contributed by atoms with Crippen molar-refractivity contribution < 1.29 is 5.11 Å². The SMILES string of the molecule is CC12CC3CC(C)(C1)CC(N1CCC(CO)C1)(C3)C2. The predicted molar refractivity (Wildman–Crippen MR) is 76.9 cm³/mol. The molecule has 5 fully saturated rings. The summed E-state index contributed by atoms with van der Waals surface area (Å²) >= 11 is 0. The third-order valence-electron chi connectivity index (χ3n) is 6.81. The highest BCUT2D eigenvalue weighted by molar-refractivity contribution is 5.15. The summed E-state index contributed by atoms with van der Waals surface area (Å²) < 4.78 is 0. The molecule has 1 aliphatic heterocycles. The zero-order valence-corrected chi connectivity index (χ0v) is 12.6. The van der Waals surface area contributed by atoms with Gasteiger partial charge in [-0.05, 0) is 74.2 Å². The van der Waals surface area contributed by atoms with E-state index < -0.39 is 0 Å². The molecule has 4 aliphatic carbocycles. The summed E-state index contributed by atoms with van der Waals surface area (Å²) in [5.74, 6) is 1.54. The first-order valence-electron chi connectivity index (χ1n) is 8.30. The standard InChI is InChI=1S/C17H29NO/c1-15-5-14-6-16(2,10-15)12-17(7-14,11-15)18-4-3-13(8-18)9-19/h13-14,19H,3-12H2,1-2H3. The zero-order chi connectivity index (χ0) is 13.3. The summed E-state index contributed by atoms with van der Waals surface area (Å²) in [4.78, 5) is 2.80. The van der Waals surface area contributed by atoms with Gasteiger partial charge in [0.25, 0.3) is 0 Å². The molecule has 0 amide bonds. The molecule has 4 bridgehead atoms. The van der Waals surface area contributed by atoms with E-state index in [1.54, 1.807) is 0 Å². The van der Waals surface area contributed by atoms with E-state index >= 15 is 0 Å². The van der Waals surface area contributed by atoms with Crippen LogP contribution in [0.25, 0.3) is 0 Å². The van der Waals surface area contributed by atoms with E-state index in [1.807, 2.05) is 0 Å². The fourth-order valence-electron chi connectivity index (χ4n) is 7.15. The molecule has 3 atom stereocenters. The van der Waals surface area contributed by atoms with Crippen molar-refractivity contribution in [2.24, 2.45) is 22.7 Å². The van der Waals surface area contributed by atoms with Crippen molar-refractivity contribution in [1.29, 1.82) is 0 Å². The molecule has 0 radical (unpaired) electrons. The Hall–Kier alpha value is -0.0800. The van der Waals surface area contributed by atoms with E-state index in [2.05, 4.69) is 18.7 Å². The first-order valence-corrected chi connectivity index (χ1v) is 8.30. The summed E-state index contributed by atoms with van der Waals surface area (Å²) in [5, 5.41) is 9.44. The highest BCUT2D eigenvalue weighted by Crippen LogP contribution is 2.68. The Morgan fingerprint density at radius 1 is 1.05 bits per heavy atom. The third-order valence-corrected chi connectivity index (χ3v) is 6.81. The van der Waals surface area contributed by atoms with Crippen LogP contribution in [0.4, 0.5) is 0 Å². The van der Waals surface area contributed by atoms with E-state index in [0.717, 1.165) is 12.5 Å². The van der Waals surface area contributed by atoms with Gasteiger partial charge in [-0.1, -0.05) is 13.8 Å². The number of likely N-dealkylation sites (tertiary alicyclic amines) is 1. The van der Waals surface area contributed by atoms with Crippen LogP contribution in [-0.2, 0) is 0 Å². The lowest BCUT2D eigenvalue weighted by Gasteiger charge is -2.67. The number of aliphatic hydroxyl groups excluding tert-OH is 1. The Bertz CT molecular complexity index is 375. The Morgan fingerprint density at radius 2 is 1.74 bits per heavy atom. The summed E-state index contributed by atoms with van der Waals surface area (Å²) in [5.41, 5.74) is 1.74. The molecule has 0 aromatic heterocycles. The van der Waals surface area contributed by atoms with Crippen LogP contribution in [0.5, 0.6) is 0 Å². The molecule has 3 unspecified atom stereocenters. The van der Waals surface area contributed by atoms with Gasteiger partial charge in [-0.3, -0.25) is 4.90 Å². The van der Waals surface area contributed by atoms with Crippen LogP contribution in [-0.4, -0.2) is 35.2 Å². The van der Waals surface area contributed by atoms with Crippen LogP contribution < -0.4 is 0 Å². The van der Waals surface area contributed by atoms with Crippen LogP contribution in [0.2, 0.25) is 0 Å². The Morgan fingerprint density at radius 3 is 2.26 bits per heavy atom. The maximum atomic E-state index is 9.44. The number of hydrogen-bond acceptors (Lipinski definition) is 2. The Kier molecular flexibility index (Phi) is 2.50. The minimum absolute atomic E-state index is 0.393. The molecule has 2 nitrogen and oxygen atoms in total. The minimum Gasteiger partial charge on any atom is -0.396 e. The van der Waals surface area contributed by atoms with Crippen molar-refractivity contribution in [2.75, 3.05) is 19.7 Å². The van der Waals surface area contributed by atoms with E-state index in [9.17, 15) is 5.11 Å². The molecule has 0 spiro atoms. The molecule has 1 heterocycles. The highest BCUT2D eigenvalue weighted by Gasteiger charge is 2.62. The van der Waals surface area contributed by atoms with E-state index in [0.29, 0.717) is 28.9 Å². The monoisotopic (exact) mass is 263 g/mol. The van der Waals surface area contributed by atoms with Crippen molar-refractivity contribution in [2.45, 2.75) is 64.3 Å². The maximum absolute atomic E-state index is 9.44. The second kappa shape index (κ2) is 3.76. The van der Waals surface area contributed by atoms with Gasteiger partial charge in [-0.2, -0.15) is 0 Å². The zero-order valence-electron chi connectivity index (χ0n) is 12.6. The first-order chi connectivity index (χ1) is 8.94. The van der Waals surface area contributed by atoms with Crippen molar-refractivity contribution in [3.63, 3.8) is 0 Å². The molecule has 1 N–H and O–H groups in total. The van der Waals surface area contributed by atoms with Crippen molar-refractivity contribution in [3.8, 4) is 0 Å². The molecule has 0 aromatic rings. The van der Waals surface area contributed by atoms with Gasteiger partial charge in [0.1, 0.15) is 0 Å². The van der Waals surface area contributed by atoms with Gasteiger partial charge in [0, 0.05) is 18.7 Å². The molecule has 0 aromatic carbocycles. The Labute approximate surface area is 117 Å². The Balaban J connectivity index is 1.64. The molecule has 5 aliphatic rings. The number of aliphatic hydroxyl groups is 1. The van der Waals surface area contributed by atoms with Crippen LogP contribution >= 0.6 is 0 Å². The largest absolute Gasteiger partial charge is 0.396 e. The van der Waals surface area contributed by atoms with Crippen LogP contribution in [0, 0.1) is 22.7 Å². The van der Waals surface area contributed by atoms with Crippen molar-refractivity contribution in [3.05, 3.63) is 0 Å². The van der Waals surface area contributed by atoms with Gasteiger partial charge in [0.05, 0.1) is 0 Å². The number of hydrogen-bond donors (Lipinski definition) is 1. The summed E-state index contributed by atoms with van der Waals surface area (Å²) in [6.45, 7) is 7.91. The normalized spacial score (nSPS) is 57.0. The smallest absolute Gasteiger partial charge is 0.0471 e. The van der Waals surface area contributed by atoms with Gasteiger partial charge in [0.15, 0.2) is 0 Å². The topological polar surface area (TPSA) is 23.5 Å². The van der Waals surface area contributed by atoms with Gasteiger partial charge < -0.3 is 5.11 Å². The van der Waals surface area contributed by atoms with Crippen LogP contribution in [0.3, 0.4) is 0 Å². The molecular weight excluding hydrogens is 234 g/mol. The summed E-state index contributed by atoms with van der Waals surface area (Å²) in [6, 6.07) is 0. The lowest BCUT2D eigenvalue weighted by atomic mass is 9.42. The van der Waals surface area contributed by atoms with Crippen LogP contribution in [0.1, 0.15) is 58.8 Å². The van der Waals surface area contributed by atoms with E-state index in [1.165, 1.54) is 51.5 Å². The maximum Gasteiger partial charge on any atom is 0.0471 e. The second-order valence-corrected chi connectivity index (χ2v) is 9.14. The average Bonchev–Trinajstić information content (AvgIpc) is 2.72. The van der Waals surface area contributed by atoms with Gasteiger partial charge in [-0.25, -0.2) is 0 Å². The fourth-order valence-corrected chi connectivity index (χ4v) is 7.15. The van der Waals surface area contributed by atoms with E-state index in [4.69, 9.17) is 0 Å². The lowest BCUT2D eigenvalue weighted by molar-refractivity contribution is -0.157. The molecular formula is C17H29NO. The number of nitrogens with zero attached hydrogens (tertiary/aromatic N) is 1.